The van der Waals surface area contributed by atoms with Gasteiger partial charge in [0.15, 0.2) is 0 Å². The Morgan fingerprint density at radius 2 is 2.18 bits per heavy atom. The minimum absolute atomic E-state index is 0.0882. The fraction of sp³-hybridized carbons (Fsp3) is 0.500. The summed E-state index contributed by atoms with van der Waals surface area (Å²) in [5, 5.41) is 3.31. The molecule has 0 aliphatic carbocycles. The number of carbonyl (C=O) groups is 1. The molecule has 1 aromatic rings. The van der Waals surface area contributed by atoms with Gasteiger partial charge < -0.3 is 10.2 Å². The van der Waals surface area contributed by atoms with Crippen molar-refractivity contribution in [1.29, 1.82) is 0 Å². The van der Waals surface area contributed by atoms with Gasteiger partial charge in [-0.25, -0.2) is 0 Å². The molecule has 0 spiro atoms. The molecule has 92 valence electrons. The lowest BCUT2D eigenvalue weighted by Crippen LogP contribution is -2.45. The van der Waals surface area contributed by atoms with Crippen LogP contribution in [0.25, 0.3) is 0 Å². The predicted molar refractivity (Wildman–Crippen MR) is 70.1 cm³/mol. The molecule has 1 amide bonds. The van der Waals surface area contributed by atoms with E-state index >= 15 is 0 Å². The van der Waals surface area contributed by atoms with Crippen molar-refractivity contribution in [3.8, 4) is 0 Å². The topological polar surface area (TPSA) is 32.3 Å². The maximum absolute atomic E-state index is 12.3. The Morgan fingerprint density at radius 3 is 2.76 bits per heavy atom. The lowest BCUT2D eigenvalue weighted by molar-refractivity contribution is -0.133. The number of amides is 1. The molecule has 0 saturated carbocycles. The molecule has 0 fully saturated rings. The molecule has 1 heterocycles. The smallest absolute Gasteiger partial charge is 0.245 e. The second kappa shape index (κ2) is 4.78. The minimum atomic E-state index is -0.0882. The second-order valence-corrected chi connectivity index (χ2v) is 4.78. The molecule has 17 heavy (non-hydrogen) atoms. The SMILES string of the molecule is CCN(C(=O)[C@@H]1Cc2ccccc2N1)C(C)C. The zero-order valence-corrected chi connectivity index (χ0v) is 10.7. The van der Waals surface area contributed by atoms with Crippen LogP contribution in [0.3, 0.4) is 0 Å². The van der Waals surface area contributed by atoms with E-state index in [9.17, 15) is 4.79 Å². The van der Waals surface area contributed by atoms with Crippen molar-refractivity contribution in [3.05, 3.63) is 29.8 Å². The summed E-state index contributed by atoms with van der Waals surface area (Å²) in [4.78, 5) is 14.3. The van der Waals surface area contributed by atoms with Crippen LogP contribution in [-0.2, 0) is 11.2 Å². The van der Waals surface area contributed by atoms with Crippen molar-refractivity contribution in [2.45, 2.75) is 39.3 Å². The fourth-order valence-corrected chi connectivity index (χ4v) is 2.42. The predicted octanol–water partition coefficient (Wildman–Crippen LogP) is 2.28. The van der Waals surface area contributed by atoms with Gasteiger partial charge in [-0.2, -0.15) is 0 Å². The number of likely N-dealkylation sites (N-methyl/N-ethyl adjacent to an activating group) is 1. The first-order chi connectivity index (χ1) is 8.13. The lowest BCUT2D eigenvalue weighted by Gasteiger charge is -2.28. The van der Waals surface area contributed by atoms with E-state index < -0.39 is 0 Å². The van der Waals surface area contributed by atoms with Crippen molar-refractivity contribution in [2.75, 3.05) is 11.9 Å². The molecule has 0 unspecified atom stereocenters. The summed E-state index contributed by atoms with van der Waals surface area (Å²) in [5.74, 6) is 0.207. The van der Waals surface area contributed by atoms with Gasteiger partial charge in [-0.05, 0) is 32.4 Å². The highest BCUT2D eigenvalue weighted by Crippen LogP contribution is 2.26. The first-order valence-corrected chi connectivity index (χ1v) is 6.28. The van der Waals surface area contributed by atoms with Crippen LogP contribution in [0, 0.1) is 0 Å². The van der Waals surface area contributed by atoms with E-state index in [4.69, 9.17) is 0 Å². The van der Waals surface area contributed by atoms with Crippen LogP contribution in [0.2, 0.25) is 0 Å². The van der Waals surface area contributed by atoms with Crippen LogP contribution in [0.4, 0.5) is 5.69 Å². The molecular weight excluding hydrogens is 212 g/mol. The lowest BCUT2D eigenvalue weighted by atomic mass is 10.1. The highest BCUT2D eigenvalue weighted by molar-refractivity contribution is 5.87. The number of hydrogen-bond acceptors (Lipinski definition) is 2. The number of para-hydroxylation sites is 1. The number of benzene rings is 1. The van der Waals surface area contributed by atoms with Gasteiger partial charge in [0.2, 0.25) is 5.91 Å². The third-order valence-electron chi connectivity index (χ3n) is 3.32. The molecule has 0 bridgehead atoms. The Morgan fingerprint density at radius 1 is 1.47 bits per heavy atom. The Balaban J connectivity index is 2.10. The normalized spacial score (nSPS) is 17.8. The molecule has 2 rings (SSSR count). The maximum atomic E-state index is 12.3. The van der Waals surface area contributed by atoms with E-state index in [0.717, 1.165) is 18.7 Å². The van der Waals surface area contributed by atoms with Crippen LogP contribution in [0.5, 0.6) is 0 Å². The molecule has 1 aromatic carbocycles. The largest absolute Gasteiger partial charge is 0.373 e. The van der Waals surface area contributed by atoms with E-state index in [1.165, 1.54) is 5.56 Å². The van der Waals surface area contributed by atoms with Gasteiger partial charge in [-0.15, -0.1) is 0 Å². The molecule has 0 radical (unpaired) electrons. The van der Waals surface area contributed by atoms with Gasteiger partial charge in [0.05, 0.1) is 0 Å². The Kier molecular flexibility index (Phi) is 3.36. The average molecular weight is 232 g/mol. The van der Waals surface area contributed by atoms with Crippen molar-refractivity contribution in [1.82, 2.24) is 4.90 Å². The number of carbonyl (C=O) groups excluding carboxylic acids is 1. The van der Waals surface area contributed by atoms with Crippen molar-refractivity contribution in [3.63, 3.8) is 0 Å². The monoisotopic (exact) mass is 232 g/mol. The van der Waals surface area contributed by atoms with Crippen molar-refractivity contribution in [2.24, 2.45) is 0 Å². The molecule has 1 N–H and O–H groups in total. The van der Waals surface area contributed by atoms with Crippen LogP contribution >= 0.6 is 0 Å². The summed E-state index contributed by atoms with van der Waals surface area (Å²) < 4.78 is 0. The first kappa shape index (κ1) is 12.0. The van der Waals surface area contributed by atoms with Crippen LogP contribution in [-0.4, -0.2) is 29.4 Å². The van der Waals surface area contributed by atoms with Gasteiger partial charge in [-0.3, -0.25) is 4.79 Å². The summed E-state index contributed by atoms with van der Waals surface area (Å²) >= 11 is 0. The quantitative estimate of drug-likeness (QED) is 0.867. The van der Waals surface area contributed by atoms with Gasteiger partial charge in [0.25, 0.3) is 0 Å². The summed E-state index contributed by atoms with van der Waals surface area (Å²) in [5.41, 5.74) is 2.34. The zero-order valence-electron chi connectivity index (χ0n) is 10.7. The summed E-state index contributed by atoms with van der Waals surface area (Å²) in [7, 11) is 0. The first-order valence-electron chi connectivity index (χ1n) is 6.28. The number of hydrogen-bond donors (Lipinski definition) is 1. The molecule has 0 saturated heterocycles. The molecule has 1 atom stereocenters. The summed E-state index contributed by atoms with van der Waals surface area (Å²) in [6, 6.07) is 8.31. The summed E-state index contributed by atoms with van der Waals surface area (Å²) in [6.07, 6.45) is 0.804. The van der Waals surface area contributed by atoms with Crippen molar-refractivity contribution < 1.29 is 4.79 Å². The molecule has 3 heteroatoms. The highest BCUT2D eigenvalue weighted by atomic mass is 16.2. The molecule has 1 aliphatic heterocycles. The third-order valence-corrected chi connectivity index (χ3v) is 3.32. The Hall–Kier alpha value is -1.51. The number of anilines is 1. The Labute approximate surface area is 103 Å². The van der Waals surface area contributed by atoms with Gasteiger partial charge in [0.1, 0.15) is 6.04 Å². The maximum Gasteiger partial charge on any atom is 0.245 e. The number of rotatable bonds is 3. The van der Waals surface area contributed by atoms with Crippen LogP contribution < -0.4 is 5.32 Å². The number of fused-ring (bicyclic) bond motifs is 1. The van der Waals surface area contributed by atoms with E-state index in [1.807, 2.05) is 30.0 Å². The molecule has 3 nitrogen and oxygen atoms in total. The average Bonchev–Trinajstić information content (AvgIpc) is 2.72. The molecule has 0 aromatic heterocycles. The zero-order chi connectivity index (χ0) is 12.4. The van der Waals surface area contributed by atoms with Crippen LogP contribution in [0.15, 0.2) is 24.3 Å². The highest BCUT2D eigenvalue weighted by Gasteiger charge is 2.30. The van der Waals surface area contributed by atoms with Crippen molar-refractivity contribution >= 4 is 11.6 Å². The van der Waals surface area contributed by atoms with E-state index in [2.05, 4.69) is 25.2 Å². The van der Waals surface area contributed by atoms with E-state index in [-0.39, 0.29) is 18.0 Å². The van der Waals surface area contributed by atoms with Gasteiger partial charge in [0, 0.05) is 24.7 Å². The number of nitrogens with zero attached hydrogens (tertiary/aromatic N) is 1. The fourth-order valence-electron chi connectivity index (χ4n) is 2.42. The summed E-state index contributed by atoms with van der Waals surface area (Å²) in [6.45, 7) is 6.91. The van der Waals surface area contributed by atoms with E-state index in [1.54, 1.807) is 0 Å². The standard InChI is InChI=1S/C14H20N2O/c1-4-16(10(2)3)14(17)13-9-11-7-5-6-8-12(11)15-13/h5-8,10,13,15H,4,9H2,1-3H3/t13-/m0/s1. The molecular formula is C14H20N2O. The number of nitrogens with one attached hydrogen (secondary N) is 1. The van der Waals surface area contributed by atoms with Crippen LogP contribution in [0.1, 0.15) is 26.3 Å². The third kappa shape index (κ3) is 2.28. The minimum Gasteiger partial charge on any atom is -0.373 e. The van der Waals surface area contributed by atoms with Gasteiger partial charge >= 0.3 is 0 Å². The Bertz CT molecular complexity index is 389. The second-order valence-electron chi connectivity index (χ2n) is 4.78. The van der Waals surface area contributed by atoms with E-state index in [0.29, 0.717) is 0 Å². The van der Waals surface area contributed by atoms with Gasteiger partial charge in [-0.1, -0.05) is 18.2 Å². The molecule has 1 aliphatic rings.